The molecule has 0 saturated heterocycles. The number of nitrogens with zero attached hydrogens (tertiary/aromatic N) is 2. The standard InChI is InChI=1S/C17H21FN4O/c1-5-13(11(2)15(19-4)22-17(3)8-9-17)16(23)21-14-7-6-12(18)10-20-14/h5-7,10,22H,4,8-9H2,1-3H3,(H,20,21,23)/b13-5-,15-11-. The molecule has 0 atom stereocenters. The van der Waals surface area contributed by atoms with Crippen molar-refractivity contribution in [1.82, 2.24) is 10.3 Å². The minimum absolute atomic E-state index is 0.0334. The van der Waals surface area contributed by atoms with Gasteiger partial charge in [0.25, 0.3) is 5.91 Å². The van der Waals surface area contributed by atoms with Crippen molar-refractivity contribution in [1.29, 1.82) is 0 Å². The van der Waals surface area contributed by atoms with Crippen molar-refractivity contribution in [2.75, 3.05) is 5.32 Å². The van der Waals surface area contributed by atoms with Crippen LogP contribution in [0.4, 0.5) is 10.2 Å². The Morgan fingerprint density at radius 3 is 2.65 bits per heavy atom. The van der Waals surface area contributed by atoms with Crippen molar-refractivity contribution >= 4 is 18.4 Å². The number of hydrogen-bond donors (Lipinski definition) is 2. The molecule has 1 aliphatic carbocycles. The molecule has 1 amide bonds. The zero-order valence-corrected chi connectivity index (χ0v) is 13.6. The number of hydrogen-bond acceptors (Lipinski definition) is 4. The summed E-state index contributed by atoms with van der Waals surface area (Å²) in [4.78, 5) is 20.3. The number of aliphatic imine (C=N–C) groups is 1. The maximum absolute atomic E-state index is 12.9. The number of pyridine rings is 1. The van der Waals surface area contributed by atoms with E-state index in [1.54, 1.807) is 13.0 Å². The molecule has 0 bridgehead atoms. The number of nitrogens with one attached hydrogen (secondary N) is 2. The van der Waals surface area contributed by atoms with E-state index in [1.807, 2.05) is 6.92 Å². The van der Waals surface area contributed by atoms with Gasteiger partial charge in [-0.1, -0.05) is 6.08 Å². The van der Waals surface area contributed by atoms with Crippen molar-refractivity contribution in [2.45, 2.75) is 39.2 Å². The van der Waals surface area contributed by atoms with Crippen LogP contribution in [0.25, 0.3) is 0 Å². The Labute approximate surface area is 135 Å². The van der Waals surface area contributed by atoms with Crippen LogP contribution in [0.1, 0.15) is 33.6 Å². The third-order valence-corrected chi connectivity index (χ3v) is 3.84. The number of aromatic nitrogens is 1. The van der Waals surface area contributed by atoms with E-state index in [0.717, 1.165) is 19.0 Å². The maximum Gasteiger partial charge on any atom is 0.256 e. The largest absolute Gasteiger partial charge is 0.365 e. The molecule has 1 aromatic rings. The molecule has 23 heavy (non-hydrogen) atoms. The Balaban J connectivity index is 2.18. The van der Waals surface area contributed by atoms with Gasteiger partial charge in [-0.2, -0.15) is 0 Å². The molecule has 122 valence electrons. The first-order valence-corrected chi connectivity index (χ1v) is 7.44. The lowest BCUT2D eigenvalue weighted by molar-refractivity contribution is -0.112. The van der Waals surface area contributed by atoms with Crippen molar-refractivity contribution in [3.8, 4) is 0 Å². The van der Waals surface area contributed by atoms with Crippen LogP contribution >= 0.6 is 0 Å². The number of carbonyl (C=O) groups excluding carboxylic acids is 1. The average Bonchev–Trinajstić information content (AvgIpc) is 3.25. The van der Waals surface area contributed by atoms with Gasteiger partial charge >= 0.3 is 0 Å². The molecule has 0 radical (unpaired) electrons. The highest BCUT2D eigenvalue weighted by Gasteiger charge is 2.38. The molecule has 0 unspecified atom stereocenters. The fourth-order valence-corrected chi connectivity index (χ4v) is 2.13. The molecular formula is C17H21FN4O. The first-order chi connectivity index (χ1) is 10.9. The second kappa shape index (κ2) is 6.73. The van der Waals surface area contributed by atoms with Gasteiger partial charge in [-0.15, -0.1) is 0 Å². The molecule has 1 aromatic heterocycles. The lowest BCUT2D eigenvalue weighted by atomic mass is 10.1. The molecule has 2 N–H and O–H groups in total. The summed E-state index contributed by atoms with van der Waals surface area (Å²) in [6.07, 6.45) is 4.89. The van der Waals surface area contributed by atoms with Crippen molar-refractivity contribution in [3.63, 3.8) is 0 Å². The number of carbonyl (C=O) groups is 1. The quantitative estimate of drug-likeness (QED) is 0.481. The predicted octanol–water partition coefficient (Wildman–Crippen LogP) is 3.18. The summed E-state index contributed by atoms with van der Waals surface area (Å²) in [5, 5.41) is 5.97. The second-order valence-electron chi connectivity index (χ2n) is 5.84. The second-order valence-corrected chi connectivity index (χ2v) is 5.84. The highest BCUT2D eigenvalue weighted by atomic mass is 19.1. The normalized spacial score (nSPS) is 17.1. The summed E-state index contributed by atoms with van der Waals surface area (Å²) < 4.78 is 12.9. The summed E-state index contributed by atoms with van der Waals surface area (Å²) in [5.74, 6) is 0.109. The van der Waals surface area contributed by atoms with E-state index in [0.29, 0.717) is 22.8 Å². The van der Waals surface area contributed by atoms with Gasteiger partial charge in [0.2, 0.25) is 0 Å². The Kier molecular flexibility index (Phi) is 4.93. The fraction of sp³-hybridized carbons (Fsp3) is 0.353. The maximum atomic E-state index is 12.9. The van der Waals surface area contributed by atoms with Crippen molar-refractivity contribution < 1.29 is 9.18 Å². The van der Waals surface area contributed by atoms with Gasteiger partial charge in [-0.05, 0) is 52.5 Å². The minimum Gasteiger partial charge on any atom is -0.365 e. The van der Waals surface area contributed by atoms with Crippen LogP contribution in [0.5, 0.6) is 0 Å². The lowest BCUT2D eigenvalue weighted by Gasteiger charge is -2.17. The molecule has 2 rings (SSSR count). The SMILES string of the molecule is C=N/C(NC1(C)CC1)=C(C)/C(=C/C)C(=O)Nc1ccc(F)cn1. The fourth-order valence-electron chi connectivity index (χ4n) is 2.13. The number of rotatable bonds is 6. The molecule has 5 nitrogen and oxygen atoms in total. The van der Waals surface area contributed by atoms with Gasteiger partial charge in [0.1, 0.15) is 17.5 Å². The summed E-state index contributed by atoms with van der Waals surface area (Å²) in [7, 11) is 0. The van der Waals surface area contributed by atoms with E-state index in [4.69, 9.17) is 0 Å². The van der Waals surface area contributed by atoms with Crippen molar-refractivity contribution in [2.24, 2.45) is 4.99 Å². The predicted molar refractivity (Wildman–Crippen MR) is 89.6 cm³/mol. The van der Waals surface area contributed by atoms with Crippen LogP contribution in [0.2, 0.25) is 0 Å². The number of allylic oxidation sites excluding steroid dienone is 1. The van der Waals surface area contributed by atoms with Crippen LogP contribution in [-0.2, 0) is 4.79 Å². The molecule has 0 aromatic carbocycles. The van der Waals surface area contributed by atoms with Gasteiger partial charge in [0.15, 0.2) is 0 Å². The third-order valence-electron chi connectivity index (χ3n) is 3.84. The molecule has 0 spiro atoms. The highest BCUT2D eigenvalue weighted by Crippen LogP contribution is 2.36. The van der Waals surface area contributed by atoms with Gasteiger partial charge in [-0.25, -0.2) is 14.4 Å². The van der Waals surface area contributed by atoms with Gasteiger partial charge < -0.3 is 10.6 Å². The van der Waals surface area contributed by atoms with Crippen LogP contribution in [0, 0.1) is 5.82 Å². The minimum atomic E-state index is -0.453. The third kappa shape index (κ3) is 4.25. The van der Waals surface area contributed by atoms with E-state index in [1.165, 1.54) is 12.1 Å². The van der Waals surface area contributed by atoms with Crippen LogP contribution < -0.4 is 10.6 Å². The zero-order chi connectivity index (χ0) is 17.0. The van der Waals surface area contributed by atoms with Gasteiger partial charge in [0, 0.05) is 16.7 Å². The number of amides is 1. The highest BCUT2D eigenvalue weighted by molar-refractivity contribution is 6.06. The Morgan fingerprint density at radius 1 is 1.48 bits per heavy atom. The molecular weight excluding hydrogens is 295 g/mol. The van der Waals surface area contributed by atoms with E-state index >= 15 is 0 Å². The van der Waals surface area contributed by atoms with E-state index in [9.17, 15) is 9.18 Å². The van der Waals surface area contributed by atoms with Gasteiger partial charge in [0.05, 0.1) is 6.20 Å². The summed E-state index contributed by atoms with van der Waals surface area (Å²) in [6, 6.07) is 2.66. The Hall–Kier alpha value is -2.50. The summed E-state index contributed by atoms with van der Waals surface area (Å²) in [6.45, 7) is 9.27. The summed E-state index contributed by atoms with van der Waals surface area (Å²) in [5.41, 5.74) is 1.21. The Bertz CT molecular complexity index is 672. The topological polar surface area (TPSA) is 66.4 Å². The van der Waals surface area contributed by atoms with Gasteiger partial charge in [-0.3, -0.25) is 4.79 Å². The monoisotopic (exact) mass is 316 g/mol. The molecule has 1 fully saturated rings. The molecule has 1 heterocycles. The molecule has 1 saturated carbocycles. The molecule has 6 heteroatoms. The summed E-state index contributed by atoms with van der Waals surface area (Å²) >= 11 is 0. The molecule has 0 aliphatic heterocycles. The van der Waals surface area contributed by atoms with Crippen LogP contribution in [0.3, 0.4) is 0 Å². The first-order valence-electron chi connectivity index (χ1n) is 7.44. The zero-order valence-electron chi connectivity index (χ0n) is 13.6. The number of halogens is 1. The number of anilines is 1. The average molecular weight is 316 g/mol. The van der Waals surface area contributed by atoms with E-state index < -0.39 is 5.82 Å². The first kappa shape index (κ1) is 16.9. The lowest BCUT2D eigenvalue weighted by Crippen LogP contribution is -2.28. The smallest absolute Gasteiger partial charge is 0.256 e. The van der Waals surface area contributed by atoms with E-state index in [-0.39, 0.29) is 11.4 Å². The van der Waals surface area contributed by atoms with Crippen LogP contribution in [0.15, 0.2) is 46.4 Å². The van der Waals surface area contributed by atoms with Crippen LogP contribution in [-0.4, -0.2) is 23.1 Å². The Morgan fingerprint density at radius 2 is 2.17 bits per heavy atom. The molecule has 1 aliphatic rings. The van der Waals surface area contributed by atoms with E-state index in [2.05, 4.69) is 34.3 Å². The van der Waals surface area contributed by atoms with Crippen molar-refractivity contribution in [3.05, 3.63) is 47.2 Å².